The molecule has 0 spiro atoms. The summed E-state index contributed by atoms with van der Waals surface area (Å²) < 4.78 is 0. The van der Waals surface area contributed by atoms with Gasteiger partial charge in [0.1, 0.15) is 0 Å². The lowest BCUT2D eigenvalue weighted by Crippen LogP contribution is -2.17. The SMILES string of the molecule is CCCCC[C@H]1[C@H](O)CC[C@@H]1C. The fourth-order valence-corrected chi connectivity index (χ4v) is 2.35. The van der Waals surface area contributed by atoms with E-state index >= 15 is 0 Å². The van der Waals surface area contributed by atoms with Crippen LogP contribution in [0.25, 0.3) is 0 Å². The van der Waals surface area contributed by atoms with E-state index in [0.29, 0.717) is 5.92 Å². The number of hydrogen-bond acceptors (Lipinski definition) is 1. The zero-order valence-corrected chi connectivity index (χ0v) is 8.42. The first-order chi connectivity index (χ1) is 5.75. The van der Waals surface area contributed by atoms with Crippen molar-refractivity contribution in [1.82, 2.24) is 0 Å². The molecule has 0 heterocycles. The second-order valence-electron chi connectivity index (χ2n) is 4.28. The molecular formula is C11H22O. The Bertz CT molecular complexity index is 112. The Hall–Kier alpha value is -0.0400. The van der Waals surface area contributed by atoms with Crippen LogP contribution in [0.15, 0.2) is 0 Å². The molecule has 0 amide bonds. The molecule has 3 atom stereocenters. The molecule has 0 unspecified atom stereocenters. The molecule has 0 aliphatic heterocycles. The molecule has 12 heavy (non-hydrogen) atoms. The molecule has 72 valence electrons. The Balaban J connectivity index is 2.20. The van der Waals surface area contributed by atoms with E-state index in [4.69, 9.17) is 0 Å². The Morgan fingerprint density at radius 2 is 2.00 bits per heavy atom. The average Bonchev–Trinajstić information content (AvgIpc) is 2.35. The summed E-state index contributed by atoms with van der Waals surface area (Å²) in [6.07, 6.45) is 7.46. The number of aliphatic hydroxyl groups excluding tert-OH is 1. The Morgan fingerprint density at radius 1 is 1.25 bits per heavy atom. The van der Waals surface area contributed by atoms with Gasteiger partial charge in [-0.05, 0) is 31.1 Å². The van der Waals surface area contributed by atoms with Crippen molar-refractivity contribution in [3.8, 4) is 0 Å². The van der Waals surface area contributed by atoms with Crippen LogP contribution in [0, 0.1) is 11.8 Å². The van der Waals surface area contributed by atoms with Crippen LogP contribution >= 0.6 is 0 Å². The van der Waals surface area contributed by atoms with Gasteiger partial charge in [0.05, 0.1) is 6.10 Å². The molecule has 1 fully saturated rings. The van der Waals surface area contributed by atoms with Gasteiger partial charge in [0.25, 0.3) is 0 Å². The monoisotopic (exact) mass is 170 g/mol. The van der Waals surface area contributed by atoms with Crippen molar-refractivity contribution < 1.29 is 5.11 Å². The molecule has 1 heteroatoms. The van der Waals surface area contributed by atoms with E-state index in [2.05, 4.69) is 13.8 Å². The summed E-state index contributed by atoms with van der Waals surface area (Å²) in [7, 11) is 0. The van der Waals surface area contributed by atoms with Crippen molar-refractivity contribution in [2.45, 2.75) is 58.5 Å². The molecule has 1 nitrogen and oxygen atoms in total. The standard InChI is InChI=1S/C11H22O/c1-3-4-5-6-10-9(2)7-8-11(10)12/h9-12H,3-8H2,1-2H3/t9-,10+,11+/m0/s1. The first kappa shape index (κ1) is 10.0. The van der Waals surface area contributed by atoms with Crippen LogP contribution in [0.2, 0.25) is 0 Å². The lowest BCUT2D eigenvalue weighted by molar-refractivity contribution is 0.113. The average molecular weight is 170 g/mol. The number of aliphatic hydroxyl groups is 1. The number of hydrogen-bond donors (Lipinski definition) is 1. The van der Waals surface area contributed by atoms with Crippen molar-refractivity contribution in [1.29, 1.82) is 0 Å². The minimum Gasteiger partial charge on any atom is -0.393 e. The first-order valence-electron chi connectivity index (χ1n) is 5.43. The summed E-state index contributed by atoms with van der Waals surface area (Å²) in [5.41, 5.74) is 0. The van der Waals surface area contributed by atoms with Gasteiger partial charge in [-0.2, -0.15) is 0 Å². The van der Waals surface area contributed by atoms with Crippen LogP contribution in [0.5, 0.6) is 0 Å². The van der Waals surface area contributed by atoms with Gasteiger partial charge in [0.15, 0.2) is 0 Å². The highest BCUT2D eigenvalue weighted by Crippen LogP contribution is 2.35. The lowest BCUT2D eigenvalue weighted by atomic mass is 9.91. The quantitative estimate of drug-likeness (QED) is 0.643. The summed E-state index contributed by atoms with van der Waals surface area (Å²) in [6.45, 7) is 4.52. The van der Waals surface area contributed by atoms with Crippen LogP contribution in [-0.2, 0) is 0 Å². The van der Waals surface area contributed by atoms with Crippen molar-refractivity contribution in [3.05, 3.63) is 0 Å². The molecule has 0 radical (unpaired) electrons. The van der Waals surface area contributed by atoms with E-state index in [9.17, 15) is 5.11 Å². The van der Waals surface area contributed by atoms with E-state index in [1.54, 1.807) is 0 Å². The molecule has 0 aromatic carbocycles. The number of unbranched alkanes of at least 4 members (excludes halogenated alkanes) is 2. The van der Waals surface area contributed by atoms with Gasteiger partial charge >= 0.3 is 0 Å². The molecule has 1 aliphatic rings. The summed E-state index contributed by atoms with van der Waals surface area (Å²) >= 11 is 0. The molecule has 0 bridgehead atoms. The molecule has 0 aromatic heterocycles. The van der Waals surface area contributed by atoms with Gasteiger partial charge in [0, 0.05) is 0 Å². The highest BCUT2D eigenvalue weighted by atomic mass is 16.3. The van der Waals surface area contributed by atoms with Crippen LogP contribution < -0.4 is 0 Å². The molecule has 1 saturated carbocycles. The normalized spacial score (nSPS) is 35.8. The van der Waals surface area contributed by atoms with E-state index < -0.39 is 0 Å². The predicted molar refractivity (Wildman–Crippen MR) is 52.0 cm³/mol. The highest BCUT2D eigenvalue weighted by Gasteiger charge is 2.30. The maximum atomic E-state index is 9.66. The van der Waals surface area contributed by atoms with Gasteiger partial charge in [-0.15, -0.1) is 0 Å². The zero-order valence-electron chi connectivity index (χ0n) is 8.42. The molecule has 1 rings (SSSR count). The summed E-state index contributed by atoms with van der Waals surface area (Å²) in [5.74, 6) is 1.37. The van der Waals surface area contributed by atoms with E-state index in [0.717, 1.165) is 12.3 Å². The lowest BCUT2D eigenvalue weighted by Gasteiger charge is -2.18. The highest BCUT2D eigenvalue weighted by molar-refractivity contribution is 4.81. The fourth-order valence-electron chi connectivity index (χ4n) is 2.35. The fraction of sp³-hybridized carbons (Fsp3) is 1.00. The third-order valence-corrected chi connectivity index (χ3v) is 3.28. The first-order valence-corrected chi connectivity index (χ1v) is 5.43. The topological polar surface area (TPSA) is 20.2 Å². The second-order valence-corrected chi connectivity index (χ2v) is 4.28. The van der Waals surface area contributed by atoms with Crippen LogP contribution in [-0.4, -0.2) is 11.2 Å². The Kier molecular flexibility index (Phi) is 4.07. The van der Waals surface area contributed by atoms with Gasteiger partial charge in [-0.3, -0.25) is 0 Å². The Morgan fingerprint density at radius 3 is 2.50 bits per heavy atom. The smallest absolute Gasteiger partial charge is 0.0571 e. The van der Waals surface area contributed by atoms with Crippen molar-refractivity contribution in [2.24, 2.45) is 11.8 Å². The van der Waals surface area contributed by atoms with Gasteiger partial charge in [0.2, 0.25) is 0 Å². The Labute approximate surface area is 76.2 Å². The summed E-state index contributed by atoms with van der Waals surface area (Å²) in [5, 5.41) is 9.66. The minimum absolute atomic E-state index is 0.0110. The third-order valence-electron chi connectivity index (χ3n) is 3.28. The molecule has 1 aliphatic carbocycles. The molecule has 0 saturated heterocycles. The van der Waals surface area contributed by atoms with Gasteiger partial charge < -0.3 is 5.11 Å². The summed E-state index contributed by atoms with van der Waals surface area (Å²) in [6, 6.07) is 0. The van der Waals surface area contributed by atoms with Crippen molar-refractivity contribution in [3.63, 3.8) is 0 Å². The van der Waals surface area contributed by atoms with Gasteiger partial charge in [-0.1, -0.05) is 33.1 Å². The van der Waals surface area contributed by atoms with E-state index in [1.165, 1.54) is 32.1 Å². The van der Waals surface area contributed by atoms with Crippen LogP contribution in [0.4, 0.5) is 0 Å². The van der Waals surface area contributed by atoms with Crippen LogP contribution in [0.3, 0.4) is 0 Å². The van der Waals surface area contributed by atoms with Crippen molar-refractivity contribution >= 4 is 0 Å². The predicted octanol–water partition coefficient (Wildman–Crippen LogP) is 2.97. The molecule has 1 N–H and O–H groups in total. The summed E-state index contributed by atoms with van der Waals surface area (Å²) in [4.78, 5) is 0. The largest absolute Gasteiger partial charge is 0.393 e. The molecule has 0 aromatic rings. The van der Waals surface area contributed by atoms with Crippen molar-refractivity contribution in [2.75, 3.05) is 0 Å². The van der Waals surface area contributed by atoms with Crippen LogP contribution in [0.1, 0.15) is 52.4 Å². The maximum absolute atomic E-state index is 9.66. The van der Waals surface area contributed by atoms with E-state index in [-0.39, 0.29) is 6.10 Å². The van der Waals surface area contributed by atoms with Gasteiger partial charge in [-0.25, -0.2) is 0 Å². The molecular weight excluding hydrogens is 148 g/mol. The zero-order chi connectivity index (χ0) is 8.97. The van der Waals surface area contributed by atoms with E-state index in [1.807, 2.05) is 0 Å². The maximum Gasteiger partial charge on any atom is 0.0571 e. The third kappa shape index (κ3) is 2.48. The second kappa shape index (κ2) is 4.86. The number of rotatable bonds is 4. The minimum atomic E-state index is 0.0110.